The molecule has 10 heteroatoms. The fourth-order valence-corrected chi connectivity index (χ4v) is 6.34. The Hall–Kier alpha value is -2.72. The zero-order chi connectivity index (χ0) is 22.5. The summed E-state index contributed by atoms with van der Waals surface area (Å²) < 4.78 is 30.5. The van der Waals surface area contributed by atoms with E-state index in [9.17, 15) is 13.2 Å². The summed E-state index contributed by atoms with van der Waals surface area (Å²) in [6, 6.07) is 4.94. The molecule has 6 rings (SSSR count). The minimum Gasteiger partial charge on any atom is -0.307 e. The molecule has 0 radical (unpaired) electrons. The van der Waals surface area contributed by atoms with Gasteiger partial charge in [0.1, 0.15) is 0 Å². The first-order chi connectivity index (χ1) is 15.1. The average molecular weight is 455 g/mol. The van der Waals surface area contributed by atoms with Gasteiger partial charge in [-0.3, -0.25) is 19.4 Å². The van der Waals surface area contributed by atoms with Gasteiger partial charge in [-0.25, -0.2) is 13.1 Å². The zero-order valence-corrected chi connectivity index (χ0v) is 19.2. The number of carbonyl (C=O) groups excluding carboxylic acids is 1. The van der Waals surface area contributed by atoms with E-state index in [0.29, 0.717) is 23.8 Å². The molecule has 9 nitrogen and oxygen atoms in total. The van der Waals surface area contributed by atoms with Crippen molar-refractivity contribution in [3.8, 4) is 0 Å². The second-order valence-corrected chi connectivity index (χ2v) is 11.5. The van der Waals surface area contributed by atoms with Gasteiger partial charge in [-0.2, -0.15) is 5.10 Å². The largest absolute Gasteiger partial charge is 0.307 e. The van der Waals surface area contributed by atoms with E-state index >= 15 is 0 Å². The summed E-state index contributed by atoms with van der Waals surface area (Å²) in [5.41, 5.74) is 1.22. The Bertz CT molecular complexity index is 1290. The lowest BCUT2D eigenvalue weighted by molar-refractivity contribution is 0.0774. The number of aliphatic imine (C=N–C) groups is 1. The van der Waals surface area contributed by atoms with E-state index in [1.165, 1.54) is 6.07 Å². The van der Waals surface area contributed by atoms with Crippen molar-refractivity contribution < 1.29 is 13.2 Å². The Morgan fingerprint density at radius 3 is 2.56 bits per heavy atom. The molecule has 1 aromatic carbocycles. The van der Waals surface area contributed by atoms with Crippen molar-refractivity contribution in [1.82, 2.24) is 19.4 Å². The van der Waals surface area contributed by atoms with E-state index in [4.69, 9.17) is 4.99 Å². The highest BCUT2D eigenvalue weighted by Gasteiger charge is 2.58. The molecule has 1 atom stereocenters. The van der Waals surface area contributed by atoms with Gasteiger partial charge in [0.2, 0.25) is 16.0 Å². The molecule has 0 unspecified atom stereocenters. The summed E-state index contributed by atoms with van der Waals surface area (Å²) in [6.07, 6.45) is 7.03. The molecule has 2 aromatic rings. The number of benzene rings is 1. The highest BCUT2D eigenvalue weighted by atomic mass is 32.2. The summed E-state index contributed by atoms with van der Waals surface area (Å²) in [7, 11) is -1.86. The second-order valence-electron chi connectivity index (χ2n) is 9.78. The van der Waals surface area contributed by atoms with Crippen LogP contribution >= 0.6 is 0 Å². The van der Waals surface area contributed by atoms with Gasteiger partial charge in [-0.15, -0.1) is 0 Å². The molecule has 2 aliphatic heterocycles. The van der Waals surface area contributed by atoms with Gasteiger partial charge < -0.3 is 4.90 Å². The van der Waals surface area contributed by atoms with Crippen LogP contribution in [0.2, 0.25) is 0 Å². The van der Waals surface area contributed by atoms with Crippen LogP contribution in [-0.4, -0.2) is 53.1 Å². The molecule has 1 N–H and O–H groups in total. The summed E-state index contributed by atoms with van der Waals surface area (Å²) >= 11 is 0. The van der Waals surface area contributed by atoms with Crippen LogP contribution in [0.5, 0.6) is 0 Å². The van der Waals surface area contributed by atoms with Gasteiger partial charge in [0.25, 0.3) is 5.91 Å². The first-order valence-electron chi connectivity index (χ1n) is 11.0. The van der Waals surface area contributed by atoms with Crippen LogP contribution in [0.25, 0.3) is 0 Å². The fourth-order valence-electron chi connectivity index (χ4n) is 4.85. The summed E-state index contributed by atoms with van der Waals surface area (Å²) in [6.45, 7) is 4.55. The maximum absolute atomic E-state index is 13.9. The highest BCUT2D eigenvalue weighted by molar-refractivity contribution is 7.89. The number of sulfonamides is 1. The maximum Gasteiger partial charge on any atom is 0.263 e. The van der Waals surface area contributed by atoms with Crippen molar-refractivity contribution in [2.45, 2.75) is 61.5 Å². The third kappa shape index (κ3) is 2.78. The number of hydrogen-bond acceptors (Lipinski definition) is 6. The predicted molar refractivity (Wildman–Crippen MR) is 119 cm³/mol. The number of fused-ring (bicyclic) bond motifs is 3. The van der Waals surface area contributed by atoms with E-state index < -0.39 is 15.6 Å². The maximum atomic E-state index is 13.9. The minimum atomic E-state index is -3.72. The second kappa shape index (κ2) is 6.20. The van der Waals surface area contributed by atoms with Crippen molar-refractivity contribution in [1.29, 1.82) is 0 Å². The molecule has 1 aromatic heterocycles. The Morgan fingerprint density at radius 1 is 1.19 bits per heavy atom. The summed E-state index contributed by atoms with van der Waals surface area (Å²) in [4.78, 5) is 22.6. The van der Waals surface area contributed by atoms with Gasteiger partial charge in [0.15, 0.2) is 0 Å². The number of rotatable bonds is 5. The number of amides is 1. The lowest BCUT2D eigenvalue weighted by atomic mass is 10.0. The van der Waals surface area contributed by atoms with E-state index in [1.807, 2.05) is 20.2 Å². The molecule has 0 saturated heterocycles. The Morgan fingerprint density at radius 2 is 1.94 bits per heavy atom. The van der Waals surface area contributed by atoms with Crippen molar-refractivity contribution in [2.75, 3.05) is 11.4 Å². The van der Waals surface area contributed by atoms with Crippen LogP contribution in [0.3, 0.4) is 0 Å². The number of nitrogens with zero attached hydrogens (tertiary/aromatic N) is 5. The number of aromatic nitrogens is 2. The van der Waals surface area contributed by atoms with Crippen LogP contribution < -0.4 is 9.62 Å². The molecule has 2 fully saturated rings. The van der Waals surface area contributed by atoms with Crippen LogP contribution in [-0.2, 0) is 22.6 Å². The Kier molecular flexibility index (Phi) is 3.86. The molecule has 168 valence electrons. The molecule has 2 saturated carbocycles. The zero-order valence-electron chi connectivity index (χ0n) is 18.4. The van der Waals surface area contributed by atoms with Gasteiger partial charge in [-0.05, 0) is 57.7 Å². The van der Waals surface area contributed by atoms with Gasteiger partial charge >= 0.3 is 0 Å². The molecule has 0 spiro atoms. The lowest BCUT2D eigenvalue weighted by Crippen LogP contribution is -2.56. The quantitative estimate of drug-likeness (QED) is 0.745. The summed E-state index contributed by atoms with van der Waals surface area (Å²) in [5.74, 6) is 0.440. The number of hydrogen-bond donors (Lipinski definition) is 1. The standard InChI is InChI=1S/C22H26N6O3S/c1-14-11-23-20-27(14)18-5-4-16(32(30,31)25-21(2)6-7-21)10-17(18)19(29)28(20)22(8-9-22)15-12-24-26(3)13-15/h4-5,10,12-14,25H,6-9,11H2,1-3H3/t14-/m1/s1. The molecule has 32 heavy (non-hydrogen) atoms. The first kappa shape index (κ1) is 19.9. The topological polar surface area (TPSA) is 99.9 Å². The van der Waals surface area contributed by atoms with Gasteiger partial charge in [-0.1, -0.05) is 0 Å². The third-order valence-corrected chi connectivity index (χ3v) is 8.74. The highest BCUT2D eigenvalue weighted by Crippen LogP contribution is 2.54. The third-order valence-electron chi connectivity index (χ3n) is 7.10. The minimum absolute atomic E-state index is 0.0787. The number of aryl methyl sites for hydroxylation is 1. The first-order valence-corrected chi connectivity index (χ1v) is 12.5. The van der Waals surface area contributed by atoms with Crippen molar-refractivity contribution in [2.24, 2.45) is 12.0 Å². The van der Waals surface area contributed by atoms with Crippen LogP contribution in [0.15, 0.2) is 40.5 Å². The molecule has 2 aliphatic carbocycles. The molecule has 0 bridgehead atoms. The molecule has 1 amide bonds. The monoisotopic (exact) mass is 454 g/mol. The van der Waals surface area contributed by atoms with Crippen molar-refractivity contribution >= 4 is 27.6 Å². The predicted octanol–water partition coefficient (Wildman–Crippen LogP) is 1.96. The number of anilines is 1. The summed E-state index contributed by atoms with van der Waals surface area (Å²) in [5, 5.41) is 4.31. The van der Waals surface area contributed by atoms with Crippen LogP contribution in [0, 0.1) is 0 Å². The molecule has 3 heterocycles. The van der Waals surface area contributed by atoms with Crippen LogP contribution in [0.1, 0.15) is 55.5 Å². The van der Waals surface area contributed by atoms with Gasteiger partial charge in [0, 0.05) is 24.3 Å². The van der Waals surface area contributed by atoms with Gasteiger partial charge in [0.05, 0.1) is 40.5 Å². The normalized spacial score (nSPS) is 24.8. The number of nitrogens with one attached hydrogen (secondary N) is 1. The van der Waals surface area contributed by atoms with E-state index in [2.05, 4.69) is 21.6 Å². The lowest BCUT2D eigenvalue weighted by Gasteiger charge is -2.42. The number of carbonyl (C=O) groups is 1. The number of guanidine groups is 1. The fraction of sp³-hybridized carbons (Fsp3) is 0.500. The smallest absolute Gasteiger partial charge is 0.263 e. The van der Waals surface area contributed by atoms with E-state index in [0.717, 1.165) is 31.2 Å². The van der Waals surface area contributed by atoms with Crippen molar-refractivity contribution in [3.63, 3.8) is 0 Å². The average Bonchev–Trinajstić information content (AvgIpc) is 3.60. The van der Waals surface area contributed by atoms with E-state index in [1.54, 1.807) is 27.9 Å². The van der Waals surface area contributed by atoms with Crippen LogP contribution in [0.4, 0.5) is 5.69 Å². The molecule has 4 aliphatic rings. The molecular weight excluding hydrogens is 428 g/mol. The Labute approximate surface area is 187 Å². The Balaban J connectivity index is 1.46. The molecular formula is C22H26N6O3S. The van der Waals surface area contributed by atoms with E-state index in [-0.39, 0.29) is 22.4 Å². The SMILES string of the molecule is C[C@@H]1CN=C2N1c1ccc(S(=O)(=O)NC3(C)CC3)cc1C(=O)N2C1(c2cnn(C)c2)CC1. The van der Waals surface area contributed by atoms with Crippen molar-refractivity contribution in [3.05, 3.63) is 41.7 Å².